The molecule has 0 atom stereocenters. The fraction of sp³-hybridized carbons (Fsp3) is 0.286. The Kier molecular flexibility index (Phi) is 2.15. The van der Waals surface area contributed by atoms with Crippen LogP contribution in [0, 0.1) is 6.92 Å². The molecule has 0 fully saturated rings. The van der Waals surface area contributed by atoms with Gasteiger partial charge < -0.3 is 4.98 Å². The van der Waals surface area contributed by atoms with Crippen LogP contribution in [0.2, 0.25) is 0 Å². The molecule has 0 unspecified atom stereocenters. The zero-order valence-electron chi connectivity index (χ0n) is 10.3. The van der Waals surface area contributed by atoms with Crippen molar-refractivity contribution in [2.45, 2.75) is 26.7 Å². The average Bonchev–Trinajstić information content (AvgIpc) is 2.69. The molecule has 1 N–H and O–H groups in total. The van der Waals surface area contributed by atoms with Gasteiger partial charge in [-0.3, -0.25) is 4.98 Å². The molecule has 2 heterocycles. The SMILES string of the molecule is Cc1nc2c(ccc3nc(C(C)C)ccc32)[nH]1. The summed E-state index contributed by atoms with van der Waals surface area (Å²) in [6.45, 7) is 6.29. The van der Waals surface area contributed by atoms with Crippen LogP contribution in [0.4, 0.5) is 0 Å². The van der Waals surface area contributed by atoms with E-state index >= 15 is 0 Å². The van der Waals surface area contributed by atoms with Crippen LogP contribution in [0.1, 0.15) is 31.3 Å². The quantitative estimate of drug-likeness (QED) is 0.688. The minimum absolute atomic E-state index is 0.455. The Labute approximate surface area is 99.9 Å². The van der Waals surface area contributed by atoms with E-state index in [0.29, 0.717) is 5.92 Å². The summed E-state index contributed by atoms with van der Waals surface area (Å²) in [6, 6.07) is 8.33. The normalized spacial score (nSPS) is 11.8. The zero-order chi connectivity index (χ0) is 12.0. The van der Waals surface area contributed by atoms with Crippen molar-refractivity contribution >= 4 is 21.9 Å². The van der Waals surface area contributed by atoms with Crippen molar-refractivity contribution in [1.29, 1.82) is 0 Å². The highest BCUT2D eigenvalue weighted by Crippen LogP contribution is 2.24. The fourth-order valence-electron chi connectivity index (χ4n) is 2.14. The maximum absolute atomic E-state index is 4.68. The van der Waals surface area contributed by atoms with Gasteiger partial charge in [0.05, 0.1) is 16.6 Å². The molecule has 1 aromatic carbocycles. The van der Waals surface area contributed by atoms with E-state index in [0.717, 1.165) is 33.5 Å². The number of pyridine rings is 1. The van der Waals surface area contributed by atoms with Crippen molar-refractivity contribution in [1.82, 2.24) is 15.0 Å². The van der Waals surface area contributed by atoms with Crippen LogP contribution in [0.15, 0.2) is 24.3 Å². The standard InChI is InChI=1S/C14H15N3/c1-8(2)11-5-4-10-12(17-11)6-7-13-14(10)16-9(3)15-13/h4-8H,1-3H3,(H,15,16). The minimum atomic E-state index is 0.455. The molecule has 0 bridgehead atoms. The second kappa shape index (κ2) is 3.55. The minimum Gasteiger partial charge on any atom is -0.342 e. The van der Waals surface area contributed by atoms with Crippen molar-refractivity contribution in [3.05, 3.63) is 35.8 Å². The molecule has 0 amide bonds. The third-order valence-electron chi connectivity index (χ3n) is 3.05. The largest absolute Gasteiger partial charge is 0.342 e. The molecule has 0 aliphatic carbocycles. The van der Waals surface area contributed by atoms with E-state index in [1.165, 1.54) is 0 Å². The Morgan fingerprint density at radius 2 is 1.88 bits per heavy atom. The molecular formula is C14H15N3. The highest BCUT2D eigenvalue weighted by molar-refractivity contribution is 6.02. The van der Waals surface area contributed by atoms with Gasteiger partial charge in [-0.1, -0.05) is 13.8 Å². The number of rotatable bonds is 1. The number of aromatic amines is 1. The Balaban J connectivity index is 2.36. The van der Waals surface area contributed by atoms with Crippen LogP contribution in [0.3, 0.4) is 0 Å². The van der Waals surface area contributed by atoms with Crippen molar-refractivity contribution in [3.8, 4) is 0 Å². The number of hydrogen-bond acceptors (Lipinski definition) is 2. The van der Waals surface area contributed by atoms with Crippen LogP contribution in [0.5, 0.6) is 0 Å². The lowest BCUT2D eigenvalue weighted by Crippen LogP contribution is -1.92. The molecule has 17 heavy (non-hydrogen) atoms. The number of nitrogens with one attached hydrogen (secondary N) is 1. The molecule has 0 saturated heterocycles. The first-order valence-corrected chi connectivity index (χ1v) is 5.91. The Bertz CT molecular complexity index is 695. The van der Waals surface area contributed by atoms with E-state index < -0.39 is 0 Å². The van der Waals surface area contributed by atoms with Crippen LogP contribution in [0.25, 0.3) is 21.9 Å². The van der Waals surface area contributed by atoms with Gasteiger partial charge in [0, 0.05) is 11.1 Å². The van der Waals surface area contributed by atoms with Gasteiger partial charge in [0.2, 0.25) is 0 Å². The number of H-pyrrole nitrogens is 1. The molecular weight excluding hydrogens is 210 g/mol. The molecule has 0 radical (unpaired) electrons. The molecule has 0 spiro atoms. The van der Waals surface area contributed by atoms with Crippen LogP contribution < -0.4 is 0 Å². The highest BCUT2D eigenvalue weighted by atomic mass is 14.9. The number of aryl methyl sites for hydroxylation is 1. The first-order chi connectivity index (χ1) is 8.15. The third-order valence-corrected chi connectivity index (χ3v) is 3.05. The molecule has 0 aliphatic heterocycles. The van der Waals surface area contributed by atoms with Crippen LogP contribution in [-0.4, -0.2) is 15.0 Å². The van der Waals surface area contributed by atoms with Crippen molar-refractivity contribution in [2.75, 3.05) is 0 Å². The van der Waals surface area contributed by atoms with Gasteiger partial charge in [0.1, 0.15) is 5.82 Å². The number of fused-ring (bicyclic) bond motifs is 3. The molecule has 86 valence electrons. The summed E-state index contributed by atoms with van der Waals surface area (Å²) in [4.78, 5) is 12.4. The predicted molar refractivity (Wildman–Crippen MR) is 70.2 cm³/mol. The summed E-state index contributed by atoms with van der Waals surface area (Å²) < 4.78 is 0. The zero-order valence-corrected chi connectivity index (χ0v) is 10.3. The third kappa shape index (κ3) is 1.58. The molecule has 3 aromatic rings. The van der Waals surface area contributed by atoms with Gasteiger partial charge in [-0.15, -0.1) is 0 Å². The van der Waals surface area contributed by atoms with Gasteiger partial charge >= 0.3 is 0 Å². The van der Waals surface area contributed by atoms with Gasteiger partial charge in [-0.2, -0.15) is 0 Å². The van der Waals surface area contributed by atoms with Crippen molar-refractivity contribution in [3.63, 3.8) is 0 Å². The maximum atomic E-state index is 4.68. The van der Waals surface area contributed by atoms with Gasteiger partial charge in [-0.25, -0.2) is 4.98 Å². The number of nitrogens with zero attached hydrogens (tertiary/aromatic N) is 2. The highest BCUT2D eigenvalue weighted by Gasteiger charge is 2.07. The topological polar surface area (TPSA) is 41.6 Å². The second-order valence-corrected chi connectivity index (χ2v) is 4.74. The van der Waals surface area contributed by atoms with Gasteiger partial charge in [-0.05, 0) is 37.1 Å². The molecule has 0 saturated carbocycles. The Hall–Kier alpha value is -1.90. The summed E-state index contributed by atoms with van der Waals surface area (Å²) in [5.41, 5.74) is 4.25. The fourth-order valence-corrected chi connectivity index (χ4v) is 2.14. The van der Waals surface area contributed by atoms with E-state index in [2.05, 4.69) is 53.1 Å². The van der Waals surface area contributed by atoms with Gasteiger partial charge in [0.25, 0.3) is 0 Å². The summed E-state index contributed by atoms with van der Waals surface area (Å²) in [5.74, 6) is 1.40. The average molecular weight is 225 g/mol. The monoisotopic (exact) mass is 225 g/mol. The number of aromatic nitrogens is 3. The van der Waals surface area contributed by atoms with E-state index in [1.807, 2.05) is 6.92 Å². The van der Waals surface area contributed by atoms with Crippen molar-refractivity contribution < 1.29 is 0 Å². The predicted octanol–water partition coefficient (Wildman–Crippen LogP) is 3.54. The van der Waals surface area contributed by atoms with Crippen LogP contribution >= 0.6 is 0 Å². The molecule has 3 nitrogen and oxygen atoms in total. The van der Waals surface area contributed by atoms with E-state index in [-0.39, 0.29) is 0 Å². The molecule has 2 aromatic heterocycles. The van der Waals surface area contributed by atoms with Gasteiger partial charge in [0.15, 0.2) is 0 Å². The summed E-state index contributed by atoms with van der Waals surface area (Å²) in [7, 11) is 0. The van der Waals surface area contributed by atoms with E-state index in [9.17, 15) is 0 Å². The Morgan fingerprint density at radius 3 is 2.65 bits per heavy atom. The smallest absolute Gasteiger partial charge is 0.104 e. The van der Waals surface area contributed by atoms with E-state index in [1.54, 1.807) is 0 Å². The second-order valence-electron chi connectivity index (χ2n) is 4.74. The van der Waals surface area contributed by atoms with Crippen LogP contribution in [-0.2, 0) is 0 Å². The summed E-state index contributed by atoms with van der Waals surface area (Å²) in [6.07, 6.45) is 0. The molecule has 3 rings (SSSR count). The first kappa shape index (κ1) is 10.3. The van der Waals surface area contributed by atoms with E-state index in [4.69, 9.17) is 0 Å². The number of benzene rings is 1. The van der Waals surface area contributed by atoms with Crippen molar-refractivity contribution in [2.24, 2.45) is 0 Å². The molecule has 0 aliphatic rings. The number of imidazole rings is 1. The summed E-state index contributed by atoms with van der Waals surface area (Å²) >= 11 is 0. The maximum Gasteiger partial charge on any atom is 0.104 e. The first-order valence-electron chi connectivity index (χ1n) is 5.91. The Morgan fingerprint density at radius 1 is 1.06 bits per heavy atom. The lowest BCUT2D eigenvalue weighted by atomic mass is 10.1. The summed E-state index contributed by atoms with van der Waals surface area (Å²) in [5, 5.41) is 1.12. The lowest BCUT2D eigenvalue weighted by Gasteiger charge is -2.05. The number of hydrogen-bond donors (Lipinski definition) is 1. The lowest BCUT2D eigenvalue weighted by molar-refractivity contribution is 0.830. The molecule has 3 heteroatoms.